The highest BCUT2D eigenvalue weighted by atomic mass is 32.1. The molecule has 0 bridgehead atoms. The molecule has 0 spiro atoms. The van der Waals surface area contributed by atoms with Crippen LogP contribution in [0.5, 0.6) is 5.75 Å². The SMILES string of the molecule is COc1cc(C(=O)N2CCC(c3nc(C(=O)NNC(=S)NCC4CCCO4)cs3)CC2)nc2ccccc12. The summed E-state index contributed by atoms with van der Waals surface area (Å²) in [5.41, 5.74) is 6.76. The average Bonchev–Trinajstić information content (AvgIpc) is 3.67. The molecule has 38 heavy (non-hydrogen) atoms. The van der Waals surface area contributed by atoms with E-state index in [1.807, 2.05) is 29.2 Å². The first-order chi connectivity index (χ1) is 18.5. The summed E-state index contributed by atoms with van der Waals surface area (Å²) in [6, 6.07) is 9.33. The highest BCUT2D eigenvalue weighted by Crippen LogP contribution is 2.31. The Balaban J connectivity index is 1.12. The molecule has 3 N–H and O–H groups in total. The summed E-state index contributed by atoms with van der Waals surface area (Å²) in [6.07, 6.45) is 3.74. The van der Waals surface area contributed by atoms with Crippen LogP contribution in [0.2, 0.25) is 0 Å². The quantitative estimate of drug-likeness (QED) is 0.312. The Morgan fingerprint density at radius 2 is 1.97 bits per heavy atom. The Hall–Kier alpha value is -3.35. The molecule has 0 saturated carbocycles. The van der Waals surface area contributed by atoms with Gasteiger partial charge in [0.25, 0.3) is 11.8 Å². The summed E-state index contributed by atoms with van der Waals surface area (Å²) >= 11 is 6.68. The Kier molecular flexibility index (Phi) is 8.30. The number of hydrogen-bond donors (Lipinski definition) is 3. The molecule has 200 valence electrons. The minimum atomic E-state index is -0.349. The van der Waals surface area contributed by atoms with Crippen molar-refractivity contribution >= 4 is 51.4 Å². The standard InChI is InChI=1S/C26H30N6O4S2/c1-35-22-13-20(28-19-7-3-2-6-18(19)22)25(34)32-10-8-16(9-11-32)24-29-21(15-38-24)23(33)30-31-26(37)27-14-17-5-4-12-36-17/h2-3,6-7,13,15-17H,4-5,8-12,14H2,1H3,(H,30,33)(H2,27,31,37). The van der Waals surface area contributed by atoms with Gasteiger partial charge in [-0.05, 0) is 50.0 Å². The first kappa shape index (κ1) is 26.3. The molecule has 1 aromatic carbocycles. The van der Waals surface area contributed by atoms with E-state index < -0.39 is 0 Å². The molecule has 1 unspecified atom stereocenters. The van der Waals surface area contributed by atoms with Crippen LogP contribution in [0.25, 0.3) is 10.9 Å². The van der Waals surface area contributed by atoms with Gasteiger partial charge in [-0.2, -0.15) is 0 Å². The highest BCUT2D eigenvalue weighted by Gasteiger charge is 2.28. The Morgan fingerprint density at radius 3 is 2.74 bits per heavy atom. The van der Waals surface area contributed by atoms with Gasteiger partial charge in [-0.15, -0.1) is 11.3 Å². The van der Waals surface area contributed by atoms with Crippen molar-refractivity contribution in [3.63, 3.8) is 0 Å². The number of methoxy groups -OCH3 is 1. The van der Waals surface area contributed by atoms with Gasteiger partial charge in [-0.1, -0.05) is 12.1 Å². The number of nitrogens with one attached hydrogen (secondary N) is 3. The summed E-state index contributed by atoms with van der Waals surface area (Å²) in [6.45, 7) is 2.57. The van der Waals surface area contributed by atoms with Crippen molar-refractivity contribution in [3.8, 4) is 5.75 Å². The Morgan fingerprint density at radius 1 is 1.16 bits per heavy atom. The Labute approximate surface area is 230 Å². The van der Waals surface area contributed by atoms with Gasteiger partial charge < -0.3 is 19.7 Å². The number of benzene rings is 1. The van der Waals surface area contributed by atoms with Crippen LogP contribution < -0.4 is 20.9 Å². The second-order valence-electron chi connectivity index (χ2n) is 9.29. The van der Waals surface area contributed by atoms with Crippen LogP contribution in [-0.4, -0.2) is 71.2 Å². The molecule has 2 aliphatic rings. The van der Waals surface area contributed by atoms with Gasteiger partial charge in [-0.25, -0.2) is 9.97 Å². The fourth-order valence-corrected chi connectivity index (χ4v) is 5.83. The van der Waals surface area contributed by atoms with Crippen molar-refractivity contribution in [2.75, 3.05) is 33.4 Å². The number of carbonyl (C=O) groups excluding carboxylic acids is 2. The van der Waals surface area contributed by atoms with Gasteiger partial charge in [0.1, 0.15) is 17.1 Å². The fourth-order valence-electron chi connectivity index (χ4n) is 4.73. The molecule has 3 aromatic rings. The van der Waals surface area contributed by atoms with Crippen LogP contribution >= 0.6 is 23.6 Å². The Bertz CT molecular complexity index is 1320. The van der Waals surface area contributed by atoms with Gasteiger partial charge in [0.15, 0.2) is 5.11 Å². The summed E-state index contributed by atoms with van der Waals surface area (Å²) < 4.78 is 11.0. The van der Waals surface area contributed by atoms with Crippen LogP contribution in [0.15, 0.2) is 35.7 Å². The molecule has 2 saturated heterocycles. The summed E-state index contributed by atoms with van der Waals surface area (Å²) in [4.78, 5) is 36.7. The minimum absolute atomic E-state index is 0.109. The molecule has 1 atom stereocenters. The maximum atomic E-state index is 13.2. The second kappa shape index (κ2) is 12.0. The van der Waals surface area contributed by atoms with Crippen molar-refractivity contribution < 1.29 is 19.1 Å². The fraction of sp³-hybridized carbons (Fsp3) is 0.423. The van der Waals surface area contributed by atoms with E-state index in [1.54, 1.807) is 18.6 Å². The third kappa shape index (κ3) is 6.03. The number of piperidine rings is 1. The zero-order chi connectivity index (χ0) is 26.5. The molecular weight excluding hydrogens is 524 g/mol. The number of carbonyl (C=O) groups is 2. The lowest BCUT2D eigenvalue weighted by atomic mass is 9.97. The molecule has 5 rings (SSSR count). The number of para-hydroxylation sites is 1. The van der Waals surface area contributed by atoms with E-state index in [-0.39, 0.29) is 23.8 Å². The topological polar surface area (TPSA) is 118 Å². The van der Waals surface area contributed by atoms with Gasteiger partial charge >= 0.3 is 0 Å². The van der Waals surface area contributed by atoms with E-state index in [0.717, 1.165) is 48.2 Å². The maximum Gasteiger partial charge on any atom is 0.289 e. The summed E-state index contributed by atoms with van der Waals surface area (Å²) in [5.74, 6) is 0.364. The molecule has 4 heterocycles. The third-order valence-electron chi connectivity index (χ3n) is 6.81. The van der Waals surface area contributed by atoms with E-state index in [0.29, 0.717) is 41.9 Å². The number of rotatable bonds is 6. The molecule has 0 aliphatic carbocycles. The molecule has 0 radical (unpaired) electrons. The molecule has 10 nitrogen and oxygen atoms in total. The number of hydrazine groups is 1. The molecule has 2 aromatic heterocycles. The van der Waals surface area contributed by atoms with Crippen LogP contribution in [0.1, 0.15) is 57.6 Å². The number of thiazole rings is 1. The smallest absolute Gasteiger partial charge is 0.289 e. The zero-order valence-electron chi connectivity index (χ0n) is 21.1. The monoisotopic (exact) mass is 554 g/mol. The lowest BCUT2D eigenvalue weighted by Crippen LogP contribution is -2.48. The molecule has 2 aliphatic heterocycles. The van der Waals surface area contributed by atoms with Gasteiger partial charge in [0, 0.05) is 49.0 Å². The third-order valence-corrected chi connectivity index (χ3v) is 8.06. The second-order valence-corrected chi connectivity index (χ2v) is 10.6. The van der Waals surface area contributed by atoms with Crippen molar-refractivity contribution in [2.45, 2.75) is 37.7 Å². The van der Waals surface area contributed by atoms with Gasteiger partial charge in [0.05, 0.1) is 23.7 Å². The van der Waals surface area contributed by atoms with Crippen LogP contribution in [-0.2, 0) is 4.74 Å². The van der Waals surface area contributed by atoms with Crippen LogP contribution in [0.4, 0.5) is 0 Å². The maximum absolute atomic E-state index is 13.2. The van der Waals surface area contributed by atoms with Crippen molar-refractivity contribution in [3.05, 3.63) is 52.1 Å². The number of hydrogen-bond acceptors (Lipinski definition) is 8. The minimum Gasteiger partial charge on any atom is -0.496 e. The molecule has 12 heteroatoms. The number of aromatic nitrogens is 2. The van der Waals surface area contributed by atoms with Gasteiger partial charge in [0.2, 0.25) is 0 Å². The first-order valence-corrected chi connectivity index (χ1v) is 13.9. The molecular formula is C26H30N6O4S2. The largest absolute Gasteiger partial charge is 0.496 e. The predicted molar refractivity (Wildman–Crippen MR) is 148 cm³/mol. The number of pyridine rings is 1. The van der Waals surface area contributed by atoms with E-state index in [2.05, 4.69) is 26.1 Å². The number of thiocarbonyl (C=S) groups is 1. The molecule has 2 fully saturated rings. The normalized spacial score (nSPS) is 17.8. The van der Waals surface area contributed by atoms with E-state index in [9.17, 15) is 9.59 Å². The number of likely N-dealkylation sites (tertiary alicyclic amines) is 1. The predicted octanol–water partition coefficient (Wildman–Crippen LogP) is 3.01. The summed E-state index contributed by atoms with van der Waals surface area (Å²) in [5, 5.41) is 6.90. The van der Waals surface area contributed by atoms with Crippen molar-refractivity contribution in [1.29, 1.82) is 0 Å². The number of nitrogens with zero attached hydrogens (tertiary/aromatic N) is 3. The van der Waals surface area contributed by atoms with Crippen LogP contribution in [0, 0.1) is 0 Å². The first-order valence-electron chi connectivity index (χ1n) is 12.7. The lowest BCUT2D eigenvalue weighted by molar-refractivity contribution is 0.0707. The number of ether oxygens (including phenoxy) is 2. The highest BCUT2D eigenvalue weighted by molar-refractivity contribution is 7.80. The van der Waals surface area contributed by atoms with Crippen LogP contribution in [0.3, 0.4) is 0 Å². The van der Waals surface area contributed by atoms with E-state index >= 15 is 0 Å². The lowest BCUT2D eigenvalue weighted by Gasteiger charge is -2.31. The van der Waals surface area contributed by atoms with E-state index in [1.165, 1.54) is 11.3 Å². The molecule has 2 amide bonds. The van der Waals surface area contributed by atoms with Crippen molar-refractivity contribution in [1.82, 2.24) is 31.0 Å². The number of fused-ring (bicyclic) bond motifs is 1. The van der Waals surface area contributed by atoms with E-state index in [4.69, 9.17) is 21.7 Å². The average molecular weight is 555 g/mol. The van der Waals surface area contributed by atoms with Gasteiger partial charge in [-0.3, -0.25) is 20.4 Å². The van der Waals surface area contributed by atoms with Crippen molar-refractivity contribution in [2.24, 2.45) is 0 Å². The number of amides is 2. The zero-order valence-corrected chi connectivity index (χ0v) is 22.7. The summed E-state index contributed by atoms with van der Waals surface area (Å²) in [7, 11) is 1.60.